The first-order chi connectivity index (χ1) is 7.18. The maximum Gasteiger partial charge on any atom is 0.159 e. The number of aryl methyl sites for hydroxylation is 1. The Bertz CT molecular complexity index is 483. The molecule has 0 fully saturated rings. The molecule has 0 aliphatic heterocycles. The van der Waals surface area contributed by atoms with E-state index in [0.29, 0.717) is 0 Å². The van der Waals surface area contributed by atoms with E-state index in [1.54, 1.807) is 13.1 Å². The first kappa shape index (κ1) is 9.65. The van der Waals surface area contributed by atoms with Crippen molar-refractivity contribution in [1.29, 1.82) is 0 Å². The van der Waals surface area contributed by atoms with Crippen LogP contribution in [0.3, 0.4) is 0 Å². The molecule has 0 N–H and O–H groups in total. The van der Waals surface area contributed by atoms with Crippen molar-refractivity contribution in [3.05, 3.63) is 42.2 Å². The Morgan fingerprint density at radius 2 is 1.93 bits per heavy atom. The number of carbonyl (C=O) groups is 1. The van der Waals surface area contributed by atoms with E-state index in [2.05, 4.69) is 4.98 Å². The van der Waals surface area contributed by atoms with Gasteiger partial charge in [-0.25, -0.2) is 4.98 Å². The van der Waals surface area contributed by atoms with Crippen molar-refractivity contribution >= 4 is 5.78 Å². The van der Waals surface area contributed by atoms with Gasteiger partial charge in [0.2, 0.25) is 0 Å². The molecule has 2 aromatic rings. The molecular formula is C12H12N2O. The van der Waals surface area contributed by atoms with Crippen molar-refractivity contribution < 1.29 is 4.79 Å². The van der Waals surface area contributed by atoms with Gasteiger partial charge in [0.1, 0.15) is 5.82 Å². The highest BCUT2D eigenvalue weighted by molar-refractivity contribution is 5.94. The topological polar surface area (TPSA) is 34.9 Å². The summed E-state index contributed by atoms with van der Waals surface area (Å²) in [4.78, 5) is 15.3. The Hall–Kier alpha value is -1.90. The van der Waals surface area contributed by atoms with Gasteiger partial charge in [-0.1, -0.05) is 24.3 Å². The molecule has 0 atom stereocenters. The molecule has 0 saturated carbocycles. The van der Waals surface area contributed by atoms with E-state index < -0.39 is 0 Å². The smallest absolute Gasteiger partial charge is 0.159 e. The molecular weight excluding hydrogens is 188 g/mol. The molecule has 0 aliphatic rings. The molecule has 0 unspecified atom stereocenters. The Labute approximate surface area is 88.4 Å². The molecule has 0 saturated heterocycles. The fraction of sp³-hybridized carbons (Fsp3) is 0.167. The standard InChI is InChI=1S/C12H12N2O/c1-9(15)10-3-5-11(6-4-10)12-13-7-8-14(12)2/h3-8H,1-2H3. The molecule has 76 valence electrons. The molecule has 15 heavy (non-hydrogen) atoms. The summed E-state index contributed by atoms with van der Waals surface area (Å²) in [7, 11) is 1.95. The van der Waals surface area contributed by atoms with Crippen LogP contribution < -0.4 is 0 Å². The second-order valence-corrected chi connectivity index (χ2v) is 3.50. The predicted molar refractivity (Wildman–Crippen MR) is 58.6 cm³/mol. The number of rotatable bonds is 2. The van der Waals surface area contributed by atoms with Gasteiger partial charge >= 0.3 is 0 Å². The molecule has 1 aromatic carbocycles. The number of imidazole rings is 1. The lowest BCUT2D eigenvalue weighted by Gasteiger charge is -2.02. The summed E-state index contributed by atoms with van der Waals surface area (Å²) in [5.41, 5.74) is 1.75. The third kappa shape index (κ3) is 1.81. The van der Waals surface area contributed by atoms with Gasteiger partial charge in [-0.2, -0.15) is 0 Å². The minimum Gasteiger partial charge on any atom is -0.334 e. The van der Waals surface area contributed by atoms with Crippen molar-refractivity contribution in [2.75, 3.05) is 0 Å². The number of carbonyl (C=O) groups excluding carboxylic acids is 1. The zero-order valence-corrected chi connectivity index (χ0v) is 8.77. The number of benzene rings is 1. The molecule has 0 bridgehead atoms. The minimum absolute atomic E-state index is 0.0846. The third-order valence-electron chi connectivity index (χ3n) is 2.37. The molecule has 0 aliphatic carbocycles. The maximum atomic E-state index is 11.1. The van der Waals surface area contributed by atoms with Gasteiger partial charge in [0.05, 0.1) is 0 Å². The van der Waals surface area contributed by atoms with E-state index in [4.69, 9.17) is 0 Å². The van der Waals surface area contributed by atoms with Crippen molar-refractivity contribution in [2.24, 2.45) is 7.05 Å². The monoisotopic (exact) mass is 200 g/mol. The lowest BCUT2D eigenvalue weighted by Crippen LogP contribution is -1.94. The second kappa shape index (κ2) is 3.69. The summed E-state index contributed by atoms with van der Waals surface area (Å²) in [5, 5.41) is 0. The molecule has 0 spiro atoms. The highest BCUT2D eigenvalue weighted by Gasteiger charge is 2.04. The van der Waals surface area contributed by atoms with E-state index in [9.17, 15) is 4.79 Å². The summed E-state index contributed by atoms with van der Waals surface area (Å²) in [6, 6.07) is 7.48. The van der Waals surface area contributed by atoms with E-state index in [0.717, 1.165) is 17.0 Å². The molecule has 2 rings (SSSR count). The summed E-state index contributed by atoms with van der Waals surface area (Å²) in [5.74, 6) is 0.992. The zero-order valence-electron chi connectivity index (χ0n) is 8.77. The van der Waals surface area contributed by atoms with Crippen LogP contribution in [-0.4, -0.2) is 15.3 Å². The summed E-state index contributed by atoms with van der Waals surface area (Å²) in [6.45, 7) is 1.57. The Morgan fingerprint density at radius 1 is 1.27 bits per heavy atom. The van der Waals surface area contributed by atoms with Crippen LogP contribution >= 0.6 is 0 Å². The molecule has 0 radical (unpaired) electrons. The van der Waals surface area contributed by atoms with Crippen molar-refractivity contribution in [1.82, 2.24) is 9.55 Å². The minimum atomic E-state index is 0.0846. The zero-order chi connectivity index (χ0) is 10.8. The van der Waals surface area contributed by atoms with Gasteiger partial charge < -0.3 is 4.57 Å². The summed E-state index contributed by atoms with van der Waals surface area (Å²) < 4.78 is 1.95. The van der Waals surface area contributed by atoms with Crippen LogP contribution in [0.5, 0.6) is 0 Å². The molecule has 3 heteroatoms. The largest absolute Gasteiger partial charge is 0.334 e. The third-order valence-corrected chi connectivity index (χ3v) is 2.37. The highest BCUT2D eigenvalue weighted by Crippen LogP contribution is 2.17. The lowest BCUT2D eigenvalue weighted by molar-refractivity contribution is 0.101. The van der Waals surface area contributed by atoms with E-state index in [1.807, 2.05) is 42.1 Å². The normalized spacial score (nSPS) is 10.3. The van der Waals surface area contributed by atoms with Crippen LogP contribution in [-0.2, 0) is 7.05 Å². The van der Waals surface area contributed by atoms with Crippen LogP contribution in [0.1, 0.15) is 17.3 Å². The summed E-state index contributed by atoms with van der Waals surface area (Å²) in [6.07, 6.45) is 3.66. The first-order valence-electron chi connectivity index (χ1n) is 4.77. The van der Waals surface area contributed by atoms with Crippen LogP contribution in [0, 0.1) is 0 Å². The molecule has 1 aromatic heterocycles. The average molecular weight is 200 g/mol. The molecule has 3 nitrogen and oxygen atoms in total. The van der Waals surface area contributed by atoms with Crippen LogP contribution in [0.2, 0.25) is 0 Å². The Kier molecular flexibility index (Phi) is 2.37. The second-order valence-electron chi connectivity index (χ2n) is 3.50. The van der Waals surface area contributed by atoms with Gasteiger partial charge in [-0.3, -0.25) is 4.79 Å². The number of hydrogen-bond acceptors (Lipinski definition) is 2. The number of ketones is 1. The van der Waals surface area contributed by atoms with Crippen molar-refractivity contribution in [2.45, 2.75) is 6.92 Å². The predicted octanol–water partition coefficient (Wildman–Crippen LogP) is 2.29. The van der Waals surface area contributed by atoms with Crippen LogP contribution in [0.25, 0.3) is 11.4 Å². The van der Waals surface area contributed by atoms with Crippen LogP contribution in [0.15, 0.2) is 36.7 Å². The average Bonchev–Trinajstić information content (AvgIpc) is 2.65. The number of Topliss-reactive ketones (excluding diaryl/α,β-unsaturated/α-hetero) is 1. The van der Waals surface area contributed by atoms with Crippen molar-refractivity contribution in [3.63, 3.8) is 0 Å². The van der Waals surface area contributed by atoms with Gasteiger partial charge in [0.15, 0.2) is 5.78 Å². The number of aromatic nitrogens is 2. The quantitative estimate of drug-likeness (QED) is 0.697. The van der Waals surface area contributed by atoms with Gasteiger partial charge in [-0.05, 0) is 6.92 Å². The Balaban J connectivity index is 2.40. The SMILES string of the molecule is CC(=O)c1ccc(-c2nccn2C)cc1. The molecule has 0 amide bonds. The first-order valence-corrected chi connectivity index (χ1v) is 4.77. The van der Waals surface area contributed by atoms with Crippen molar-refractivity contribution in [3.8, 4) is 11.4 Å². The Morgan fingerprint density at radius 3 is 2.40 bits per heavy atom. The number of hydrogen-bond donors (Lipinski definition) is 0. The van der Waals surface area contributed by atoms with Gasteiger partial charge in [0.25, 0.3) is 0 Å². The summed E-state index contributed by atoms with van der Waals surface area (Å²) >= 11 is 0. The highest BCUT2D eigenvalue weighted by atomic mass is 16.1. The number of nitrogens with zero attached hydrogens (tertiary/aromatic N) is 2. The van der Waals surface area contributed by atoms with E-state index >= 15 is 0 Å². The molecule has 1 heterocycles. The van der Waals surface area contributed by atoms with E-state index in [1.165, 1.54) is 0 Å². The van der Waals surface area contributed by atoms with Gasteiger partial charge in [0, 0.05) is 30.6 Å². The fourth-order valence-corrected chi connectivity index (χ4v) is 1.50. The van der Waals surface area contributed by atoms with Gasteiger partial charge in [-0.15, -0.1) is 0 Å². The maximum absolute atomic E-state index is 11.1. The van der Waals surface area contributed by atoms with Crippen LogP contribution in [0.4, 0.5) is 0 Å². The fourth-order valence-electron chi connectivity index (χ4n) is 1.50. The lowest BCUT2D eigenvalue weighted by atomic mass is 10.1. The van der Waals surface area contributed by atoms with E-state index in [-0.39, 0.29) is 5.78 Å².